The second-order valence-electron chi connectivity index (χ2n) is 8.42. The molecular weight excluding hydrogens is 434 g/mol. The summed E-state index contributed by atoms with van der Waals surface area (Å²) in [5.41, 5.74) is 0.754. The molecule has 8 nitrogen and oxygen atoms in total. The van der Waals surface area contributed by atoms with E-state index in [9.17, 15) is 14.4 Å². The Morgan fingerprint density at radius 3 is 2.53 bits per heavy atom. The van der Waals surface area contributed by atoms with E-state index in [1.54, 1.807) is 25.3 Å². The van der Waals surface area contributed by atoms with E-state index >= 15 is 0 Å². The summed E-state index contributed by atoms with van der Waals surface area (Å²) in [5.74, 6) is 0.865. The van der Waals surface area contributed by atoms with Gasteiger partial charge in [0, 0.05) is 31.2 Å². The van der Waals surface area contributed by atoms with Crippen LogP contribution in [0.25, 0.3) is 0 Å². The van der Waals surface area contributed by atoms with Gasteiger partial charge in [-0.15, -0.1) is 0 Å². The van der Waals surface area contributed by atoms with Crippen molar-refractivity contribution in [1.82, 2.24) is 0 Å². The molecule has 1 aliphatic carbocycles. The number of carbonyl (C=O) groups is 1. The van der Waals surface area contributed by atoms with Gasteiger partial charge in [0.25, 0.3) is 10.9 Å². The summed E-state index contributed by atoms with van der Waals surface area (Å²) >= 11 is 6.13. The molecule has 2 aromatic carbocycles. The third kappa shape index (κ3) is 4.76. The van der Waals surface area contributed by atoms with Crippen molar-refractivity contribution in [3.05, 3.63) is 43.7 Å². The maximum Gasteiger partial charge on any atom is 0.253 e. The zero-order valence-corrected chi connectivity index (χ0v) is 18.9. The van der Waals surface area contributed by atoms with Crippen molar-refractivity contribution in [2.45, 2.75) is 25.7 Å². The topological polar surface area (TPSA) is 97.0 Å². The minimum absolute atomic E-state index is 0.00489. The number of methoxy groups -OCH3 is 1. The van der Waals surface area contributed by atoms with Gasteiger partial charge in [0.2, 0.25) is 5.91 Å². The Labute approximate surface area is 191 Å². The number of nitrogens with zero attached hydrogens (tertiary/aromatic N) is 1. The lowest BCUT2D eigenvalue weighted by Crippen LogP contribution is -2.47. The van der Waals surface area contributed by atoms with Crippen molar-refractivity contribution >= 4 is 34.6 Å². The van der Waals surface area contributed by atoms with Gasteiger partial charge in [-0.3, -0.25) is 14.4 Å². The number of benzene rings is 1. The van der Waals surface area contributed by atoms with Gasteiger partial charge in [-0.2, -0.15) is 0 Å². The van der Waals surface area contributed by atoms with Gasteiger partial charge in [-0.1, -0.05) is 11.6 Å². The van der Waals surface area contributed by atoms with Crippen molar-refractivity contribution in [3.8, 4) is 5.75 Å². The highest BCUT2D eigenvalue weighted by molar-refractivity contribution is 6.32. The number of anilines is 3. The first-order valence-electron chi connectivity index (χ1n) is 11.0. The molecule has 0 aromatic heterocycles. The van der Waals surface area contributed by atoms with Gasteiger partial charge in [0.05, 0.1) is 25.3 Å². The molecule has 2 fully saturated rings. The first kappa shape index (κ1) is 22.6. The molecule has 32 heavy (non-hydrogen) atoms. The number of rotatable bonds is 7. The summed E-state index contributed by atoms with van der Waals surface area (Å²) in [6.07, 6.45) is 3.34. The predicted molar refractivity (Wildman–Crippen MR) is 125 cm³/mol. The average Bonchev–Trinajstić information content (AvgIpc) is 2.82. The van der Waals surface area contributed by atoms with E-state index in [0.717, 1.165) is 25.7 Å². The van der Waals surface area contributed by atoms with Crippen molar-refractivity contribution in [1.29, 1.82) is 0 Å². The standard InChI is InChI=1S/C23H28ClN3O5/c1-31-18-7-6-16(12-17(18)24)26-23(30)15-4-2-14(3-5-15)13-25-19-20(22(29)21(19)28)27-8-10-32-11-9-27/h6-7,12,14-15,25H,2-5,8-11,13H2,1H3,(H,26,30). The van der Waals surface area contributed by atoms with Crippen LogP contribution in [0.5, 0.6) is 5.75 Å². The van der Waals surface area contributed by atoms with E-state index in [0.29, 0.717) is 66.6 Å². The van der Waals surface area contributed by atoms with Crippen LogP contribution in [0.2, 0.25) is 5.02 Å². The van der Waals surface area contributed by atoms with Crippen LogP contribution in [0, 0.1) is 11.8 Å². The Morgan fingerprint density at radius 2 is 1.88 bits per heavy atom. The third-order valence-electron chi connectivity index (χ3n) is 6.42. The van der Waals surface area contributed by atoms with Crippen LogP contribution >= 0.6 is 11.6 Å². The zero-order chi connectivity index (χ0) is 22.7. The molecule has 2 N–H and O–H groups in total. The van der Waals surface area contributed by atoms with Crippen molar-refractivity contribution in [3.63, 3.8) is 0 Å². The van der Waals surface area contributed by atoms with Crippen LogP contribution in [-0.4, -0.2) is 45.9 Å². The Morgan fingerprint density at radius 1 is 1.16 bits per heavy atom. The molecule has 1 heterocycles. The van der Waals surface area contributed by atoms with E-state index in [2.05, 4.69) is 10.6 Å². The summed E-state index contributed by atoms with van der Waals surface area (Å²) in [4.78, 5) is 38.7. The molecule has 0 radical (unpaired) electrons. The normalized spacial score (nSPS) is 21.4. The van der Waals surface area contributed by atoms with E-state index in [1.165, 1.54) is 0 Å². The van der Waals surface area contributed by atoms with Gasteiger partial charge < -0.3 is 25.0 Å². The Balaban J connectivity index is 1.26. The molecule has 172 valence electrons. The SMILES string of the molecule is COc1ccc(NC(=O)C2CCC(CNc3c(N4CCOCC4)c(=O)c3=O)CC2)cc1Cl. The highest BCUT2D eigenvalue weighted by atomic mass is 35.5. The van der Waals surface area contributed by atoms with Crippen molar-refractivity contribution < 1.29 is 14.3 Å². The second kappa shape index (κ2) is 9.92. The highest BCUT2D eigenvalue weighted by Crippen LogP contribution is 2.32. The van der Waals surface area contributed by atoms with Crippen molar-refractivity contribution in [2.75, 3.05) is 55.5 Å². The third-order valence-corrected chi connectivity index (χ3v) is 6.71. The molecule has 1 saturated heterocycles. The predicted octanol–water partition coefficient (Wildman–Crippen LogP) is 2.64. The molecule has 4 rings (SSSR count). The zero-order valence-electron chi connectivity index (χ0n) is 18.1. The van der Waals surface area contributed by atoms with Gasteiger partial charge in [0.1, 0.15) is 17.1 Å². The minimum atomic E-state index is -0.433. The Hall–Kier alpha value is -2.58. The number of ether oxygens (including phenoxy) is 2. The molecule has 0 spiro atoms. The molecule has 2 aliphatic rings. The lowest BCUT2D eigenvalue weighted by atomic mass is 9.81. The van der Waals surface area contributed by atoms with E-state index in [-0.39, 0.29) is 11.8 Å². The number of nitrogens with one attached hydrogen (secondary N) is 2. The Bertz CT molecular complexity index is 1030. The molecule has 1 amide bonds. The molecule has 0 unspecified atom stereocenters. The molecular formula is C23H28ClN3O5. The van der Waals surface area contributed by atoms with Crippen LogP contribution in [0.4, 0.5) is 17.1 Å². The summed E-state index contributed by atoms with van der Waals surface area (Å²) in [6, 6.07) is 5.19. The van der Waals surface area contributed by atoms with E-state index in [1.807, 2.05) is 4.90 Å². The lowest BCUT2D eigenvalue weighted by Gasteiger charge is -2.32. The van der Waals surface area contributed by atoms with Crippen LogP contribution < -0.4 is 31.1 Å². The maximum atomic E-state index is 12.7. The van der Waals surface area contributed by atoms with Gasteiger partial charge in [-0.05, 0) is 49.8 Å². The minimum Gasteiger partial charge on any atom is -0.495 e. The van der Waals surface area contributed by atoms with Crippen LogP contribution in [0.1, 0.15) is 25.7 Å². The highest BCUT2D eigenvalue weighted by Gasteiger charge is 2.30. The van der Waals surface area contributed by atoms with Crippen LogP contribution in [0.3, 0.4) is 0 Å². The summed E-state index contributed by atoms with van der Waals surface area (Å²) < 4.78 is 10.5. The fourth-order valence-electron chi connectivity index (χ4n) is 4.50. The summed E-state index contributed by atoms with van der Waals surface area (Å²) in [5, 5.41) is 6.61. The van der Waals surface area contributed by atoms with Gasteiger partial charge in [0.15, 0.2) is 0 Å². The average molecular weight is 462 g/mol. The number of amides is 1. The fourth-order valence-corrected chi connectivity index (χ4v) is 4.75. The second-order valence-corrected chi connectivity index (χ2v) is 8.83. The number of morpholine rings is 1. The lowest BCUT2D eigenvalue weighted by molar-refractivity contribution is -0.121. The quantitative estimate of drug-likeness (QED) is 0.612. The van der Waals surface area contributed by atoms with Gasteiger partial charge in [-0.25, -0.2) is 0 Å². The van der Waals surface area contributed by atoms with Crippen molar-refractivity contribution in [2.24, 2.45) is 11.8 Å². The Kier molecular flexibility index (Phi) is 7.01. The molecule has 1 aliphatic heterocycles. The number of hydrogen-bond donors (Lipinski definition) is 2. The largest absolute Gasteiger partial charge is 0.495 e. The fraction of sp³-hybridized carbons (Fsp3) is 0.522. The van der Waals surface area contributed by atoms with E-state index in [4.69, 9.17) is 21.1 Å². The summed E-state index contributed by atoms with van der Waals surface area (Å²) in [6.45, 7) is 3.00. The molecule has 2 aromatic rings. The van der Waals surface area contributed by atoms with Crippen LogP contribution in [-0.2, 0) is 9.53 Å². The molecule has 1 saturated carbocycles. The number of carbonyl (C=O) groups excluding carboxylic acids is 1. The molecule has 9 heteroatoms. The smallest absolute Gasteiger partial charge is 0.253 e. The number of hydrogen-bond acceptors (Lipinski definition) is 7. The number of halogens is 1. The first-order valence-corrected chi connectivity index (χ1v) is 11.4. The van der Waals surface area contributed by atoms with Crippen LogP contribution in [0.15, 0.2) is 27.8 Å². The van der Waals surface area contributed by atoms with Gasteiger partial charge >= 0.3 is 0 Å². The van der Waals surface area contributed by atoms with E-state index < -0.39 is 10.9 Å². The first-order chi connectivity index (χ1) is 15.5. The monoisotopic (exact) mass is 461 g/mol. The molecule has 0 bridgehead atoms. The summed E-state index contributed by atoms with van der Waals surface area (Å²) in [7, 11) is 1.55. The molecule has 0 atom stereocenters. The maximum absolute atomic E-state index is 12.7.